The summed E-state index contributed by atoms with van der Waals surface area (Å²) >= 11 is 1.58. The molecule has 7 heteroatoms. The van der Waals surface area contributed by atoms with Crippen molar-refractivity contribution >= 4 is 11.8 Å². The van der Waals surface area contributed by atoms with Crippen LogP contribution in [-0.2, 0) is 22.6 Å². The van der Waals surface area contributed by atoms with E-state index in [1.54, 1.807) is 11.8 Å². The molecular formula is C11H22N4O2S. The summed E-state index contributed by atoms with van der Waals surface area (Å²) in [6.45, 7) is 8.46. The Morgan fingerprint density at radius 1 is 1.22 bits per heavy atom. The van der Waals surface area contributed by atoms with Gasteiger partial charge in [-0.3, -0.25) is 0 Å². The lowest BCUT2D eigenvalue weighted by Crippen LogP contribution is -2.20. The van der Waals surface area contributed by atoms with Gasteiger partial charge in [0.05, 0.1) is 12.3 Å². The fraction of sp³-hybridized carbons (Fsp3) is 0.818. The molecule has 0 radical (unpaired) electrons. The number of hydrogen-bond acceptors (Lipinski definition) is 6. The molecule has 1 heterocycles. The van der Waals surface area contributed by atoms with Crippen LogP contribution in [0.1, 0.15) is 26.6 Å². The van der Waals surface area contributed by atoms with E-state index in [-0.39, 0.29) is 6.29 Å². The van der Waals surface area contributed by atoms with Crippen molar-refractivity contribution < 1.29 is 9.47 Å². The van der Waals surface area contributed by atoms with Crippen LogP contribution in [0.4, 0.5) is 0 Å². The van der Waals surface area contributed by atoms with Crippen LogP contribution in [0.25, 0.3) is 0 Å². The van der Waals surface area contributed by atoms with Crippen LogP contribution in [-0.4, -0.2) is 40.0 Å². The molecule has 0 aliphatic rings. The zero-order chi connectivity index (χ0) is 13.4. The van der Waals surface area contributed by atoms with Crippen molar-refractivity contribution in [3.05, 3.63) is 5.82 Å². The minimum Gasteiger partial charge on any atom is -0.352 e. The second-order valence-electron chi connectivity index (χ2n) is 3.50. The number of rotatable bonds is 9. The van der Waals surface area contributed by atoms with Gasteiger partial charge in [0.1, 0.15) is 5.82 Å². The van der Waals surface area contributed by atoms with E-state index in [4.69, 9.17) is 15.2 Å². The first-order chi connectivity index (χ1) is 8.76. The van der Waals surface area contributed by atoms with Crippen molar-refractivity contribution in [2.45, 2.75) is 45.3 Å². The topological polar surface area (TPSA) is 75.2 Å². The van der Waals surface area contributed by atoms with Crippen molar-refractivity contribution in [3.63, 3.8) is 0 Å². The van der Waals surface area contributed by atoms with Gasteiger partial charge in [-0.15, -0.1) is 10.2 Å². The fourth-order valence-corrected chi connectivity index (χ4v) is 2.52. The third-order valence-electron chi connectivity index (χ3n) is 2.35. The van der Waals surface area contributed by atoms with Crippen LogP contribution in [0, 0.1) is 0 Å². The molecule has 1 aromatic rings. The Kier molecular flexibility index (Phi) is 7.26. The standard InChI is InChI=1S/C11H22N4O2S/c1-4-15-9(7-12)13-14-11(15)18-8-10(16-5-2)17-6-3/h10H,4-8,12H2,1-3H3. The molecule has 0 spiro atoms. The van der Waals surface area contributed by atoms with Crippen molar-refractivity contribution in [2.75, 3.05) is 19.0 Å². The van der Waals surface area contributed by atoms with Gasteiger partial charge in [0.15, 0.2) is 11.4 Å². The van der Waals surface area contributed by atoms with Gasteiger partial charge in [0.25, 0.3) is 0 Å². The van der Waals surface area contributed by atoms with Crippen LogP contribution in [0.5, 0.6) is 0 Å². The van der Waals surface area contributed by atoms with Crippen molar-refractivity contribution in [1.82, 2.24) is 14.8 Å². The normalized spacial score (nSPS) is 11.4. The first-order valence-corrected chi connectivity index (χ1v) is 7.23. The zero-order valence-corrected chi connectivity index (χ0v) is 12.1. The Morgan fingerprint density at radius 2 is 1.89 bits per heavy atom. The molecule has 18 heavy (non-hydrogen) atoms. The number of nitrogens with zero attached hydrogens (tertiary/aromatic N) is 3. The van der Waals surface area contributed by atoms with Gasteiger partial charge in [0, 0.05) is 19.8 Å². The van der Waals surface area contributed by atoms with Crippen molar-refractivity contribution in [3.8, 4) is 0 Å². The van der Waals surface area contributed by atoms with Crippen LogP contribution in [0.2, 0.25) is 0 Å². The zero-order valence-electron chi connectivity index (χ0n) is 11.3. The third kappa shape index (κ3) is 4.24. The predicted octanol–water partition coefficient (Wildman–Crippen LogP) is 1.25. The number of aromatic nitrogens is 3. The molecule has 2 N–H and O–H groups in total. The Bertz CT molecular complexity index is 340. The van der Waals surface area contributed by atoms with Gasteiger partial charge in [0.2, 0.25) is 0 Å². The van der Waals surface area contributed by atoms with E-state index in [9.17, 15) is 0 Å². The van der Waals surface area contributed by atoms with Gasteiger partial charge in [-0.2, -0.15) is 0 Å². The van der Waals surface area contributed by atoms with Gasteiger partial charge >= 0.3 is 0 Å². The first-order valence-electron chi connectivity index (χ1n) is 6.24. The molecule has 0 aliphatic heterocycles. The maximum absolute atomic E-state index is 5.61. The number of hydrogen-bond donors (Lipinski definition) is 1. The highest BCUT2D eigenvalue weighted by atomic mass is 32.2. The molecule has 1 rings (SSSR count). The highest BCUT2D eigenvalue weighted by molar-refractivity contribution is 7.99. The van der Waals surface area contributed by atoms with E-state index in [0.29, 0.717) is 25.5 Å². The maximum atomic E-state index is 5.61. The number of thioether (sulfide) groups is 1. The molecule has 6 nitrogen and oxygen atoms in total. The summed E-state index contributed by atoms with van der Waals surface area (Å²) in [7, 11) is 0. The van der Waals surface area contributed by atoms with E-state index < -0.39 is 0 Å². The lowest BCUT2D eigenvalue weighted by molar-refractivity contribution is -0.120. The molecule has 0 fully saturated rings. The highest BCUT2D eigenvalue weighted by Gasteiger charge is 2.14. The summed E-state index contributed by atoms with van der Waals surface area (Å²) in [4.78, 5) is 0. The van der Waals surface area contributed by atoms with E-state index in [2.05, 4.69) is 17.1 Å². The summed E-state index contributed by atoms with van der Waals surface area (Å²) in [6.07, 6.45) is -0.201. The minimum atomic E-state index is -0.201. The average molecular weight is 274 g/mol. The molecular weight excluding hydrogens is 252 g/mol. The van der Waals surface area contributed by atoms with Crippen LogP contribution >= 0.6 is 11.8 Å². The number of nitrogens with two attached hydrogens (primary N) is 1. The molecule has 0 atom stereocenters. The minimum absolute atomic E-state index is 0.201. The lowest BCUT2D eigenvalue weighted by atomic mass is 10.6. The monoisotopic (exact) mass is 274 g/mol. The van der Waals surface area contributed by atoms with Crippen LogP contribution < -0.4 is 5.73 Å². The van der Waals surface area contributed by atoms with Crippen LogP contribution in [0.3, 0.4) is 0 Å². The molecule has 0 saturated heterocycles. The number of ether oxygens (including phenoxy) is 2. The largest absolute Gasteiger partial charge is 0.352 e. The highest BCUT2D eigenvalue weighted by Crippen LogP contribution is 2.19. The molecule has 0 amide bonds. The lowest BCUT2D eigenvalue weighted by Gasteiger charge is -2.16. The van der Waals surface area contributed by atoms with E-state index in [1.807, 2.05) is 18.4 Å². The van der Waals surface area contributed by atoms with Gasteiger partial charge in [-0.25, -0.2) is 0 Å². The summed E-state index contributed by atoms with van der Waals surface area (Å²) < 4.78 is 13.0. The SMILES string of the molecule is CCOC(CSc1nnc(CN)n1CC)OCC. The summed E-state index contributed by atoms with van der Waals surface area (Å²) in [5.74, 6) is 1.51. The summed E-state index contributed by atoms with van der Waals surface area (Å²) in [6, 6.07) is 0. The van der Waals surface area contributed by atoms with Crippen LogP contribution in [0.15, 0.2) is 5.16 Å². The molecule has 104 valence electrons. The molecule has 1 aromatic heterocycles. The molecule has 0 unspecified atom stereocenters. The summed E-state index contributed by atoms with van der Waals surface area (Å²) in [5, 5.41) is 9.06. The quantitative estimate of drug-likeness (QED) is 0.539. The Hall–Kier alpha value is -0.630. The molecule has 0 aliphatic carbocycles. The Balaban J connectivity index is 2.58. The van der Waals surface area contributed by atoms with E-state index in [1.165, 1.54) is 0 Å². The van der Waals surface area contributed by atoms with Gasteiger partial charge < -0.3 is 19.8 Å². The second-order valence-corrected chi connectivity index (χ2v) is 4.49. The van der Waals surface area contributed by atoms with Crippen molar-refractivity contribution in [1.29, 1.82) is 0 Å². The second kappa shape index (κ2) is 8.47. The fourth-order valence-electron chi connectivity index (χ4n) is 1.55. The van der Waals surface area contributed by atoms with Crippen molar-refractivity contribution in [2.24, 2.45) is 5.73 Å². The van der Waals surface area contributed by atoms with Gasteiger partial charge in [-0.05, 0) is 20.8 Å². The molecule has 0 aromatic carbocycles. The Morgan fingerprint density at radius 3 is 2.39 bits per heavy atom. The van der Waals surface area contributed by atoms with E-state index in [0.717, 1.165) is 17.5 Å². The van der Waals surface area contributed by atoms with Gasteiger partial charge in [-0.1, -0.05) is 11.8 Å². The van der Waals surface area contributed by atoms with E-state index >= 15 is 0 Å². The first kappa shape index (κ1) is 15.4. The smallest absolute Gasteiger partial charge is 0.191 e. The Labute approximate surface area is 112 Å². The summed E-state index contributed by atoms with van der Waals surface area (Å²) in [5.41, 5.74) is 5.61. The third-order valence-corrected chi connectivity index (χ3v) is 3.34. The molecule has 0 saturated carbocycles. The average Bonchev–Trinajstić information content (AvgIpc) is 2.78. The maximum Gasteiger partial charge on any atom is 0.191 e. The molecule has 0 bridgehead atoms. The predicted molar refractivity (Wildman–Crippen MR) is 71.4 cm³/mol.